The second-order valence-corrected chi connectivity index (χ2v) is 5.71. The van der Waals surface area contributed by atoms with Gasteiger partial charge in [-0.25, -0.2) is 0 Å². The van der Waals surface area contributed by atoms with Crippen LogP contribution in [0.3, 0.4) is 0 Å². The molecule has 0 fully saturated rings. The Bertz CT molecular complexity index is 691. The lowest BCUT2D eigenvalue weighted by molar-refractivity contribution is -0.131. The molecule has 23 heavy (non-hydrogen) atoms. The number of carbonyl (C=O) groups excluding carboxylic acids is 1. The van der Waals surface area contributed by atoms with E-state index in [1.165, 1.54) is 0 Å². The number of amides is 1. The first-order chi connectivity index (χ1) is 10.9. The molecule has 0 aliphatic rings. The van der Waals surface area contributed by atoms with Crippen molar-refractivity contribution in [1.82, 2.24) is 0 Å². The zero-order valence-corrected chi connectivity index (χ0v) is 13.5. The molecular weight excluding hydrogens is 341 g/mol. The van der Waals surface area contributed by atoms with Crippen LogP contribution in [0.25, 0.3) is 0 Å². The molecule has 0 heterocycles. The number of halogens is 2. The Kier molecular flexibility index (Phi) is 5.85. The summed E-state index contributed by atoms with van der Waals surface area (Å²) in [6.45, 7) is 0.294. The molecule has 2 aromatic carbocycles. The van der Waals surface area contributed by atoms with Crippen molar-refractivity contribution in [3.05, 3.63) is 63.6 Å². The number of ether oxygens (including phenoxy) is 1. The fourth-order valence-corrected chi connectivity index (χ4v) is 2.22. The van der Waals surface area contributed by atoms with Crippen LogP contribution in [0, 0.1) is 0 Å². The van der Waals surface area contributed by atoms with E-state index in [2.05, 4.69) is 0 Å². The van der Waals surface area contributed by atoms with Crippen molar-refractivity contribution in [2.45, 2.75) is 18.8 Å². The summed E-state index contributed by atoms with van der Waals surface area (Å²) in [6.07, 6.45) is -3.03. The molecule has 1 amide bonds. The minimum atomic E-state index is -1.65. The second kappa shape index (κ2) is 7.66. The average Bonchev–Trinajstić information content (AvgIpc) is 2.55. The monoisotopic (exact) mass is 355 g/mol. The van der Waals surface area contributed by atoms with Crippen LogP contribution in [-0.2, 0) is 11.4 Å². The van der Waals surface area contributed by atoms with Crippen LogP contribution in [0.1, 0.15) is 17.2 Å². The number of nitrogens with two attached hydrogens (primary N) is 1. The maximum Gasteiger partial charge on any atom is 0.249 e. The number of carbonyl (C=O) groups is 1. The molecular formula is C16H15Cl2NO4. The van der Waals surface area contributed by atoms with Crippen molar-refractivity contribution in [1.29, 1.82) is 0 Å². The Hall–Kier alpha value is -1.79. The molecule has 2 rings (SSSR count). The number of aliphatic hydroxyl groups is 2. The molecule has 0 spiro atoms. The van der Waals surface area contributed by atoms with Gasteiger partial charge in [-0.1, -0.05) is 41.4 Å². The van der Waals surface area contributed by atoms with E-state index in [1.807, 2.05) is 0 Å². The summed E-state index contributed by atoms with van der Waals surface area (Å²) >= 11 is 11.8. The van der Waals surface area contributed by atoms with Crippen molar-refractivity contribution in [3.8, 4) is 5.75 Å². The summed E-state index contributed by atoms with van der Waals surface area (Å²) in [5.41, 5.74) is 6.16. The highest BCUT2D eigenvalue weighted by molar-refractivity contribution is 6.42. The molecule has 0 aliphatic carbocycles. The SMILES string of the molecule is NC(=O)C(O)C(O)c1ccc(OCc2ccc(Cl)c(Cl)c2)cc1. The quantitative estimate of drug-likeness (QED) is 0.741. The number of rotatable bonds is 6. The van der Waals surface area contributed by atoms with E-state index < -0.39 is 18.1 Å². The minimum absolute atomic E-state index is 0.294. The van der Waals surface area contributed by atoms with E-state index in [9.17, 15) is 15.0 Å². The number of aliphatic hydroxyl groups excluding tert-OH is 2. The lowest BCUT2D eigenvalue weighted by Gasteiger charge is -2.15. The van der Waals surface area contributed by atoms with Crippen LogP contribution in [0.4, 0.5) is 0 Å². The maximum absolute atomic E-state index is 10.9. The third-order valence-corrected chi connectivity index (χ3v) is 3.94. The molecule has 0 bridgehead atoms. The molecule has 5 nitrogen and oxygen atoms in total. The third kappa shape index (κ3) is 4.59. The first kappa shape index (κ1) is 17.6. The lowest BCUT2D eigenvalue weighted by atomic mass is 10.0. The predicted molar refractivity (Wildman–Crippen MR) is 87.4 cm³/mol. The van der Waals surface area contributed by atoms with E-state index in [0.29, 0.717) is 28.0 Å². The fraction of sp³-hybridized carbons (Fsp3) is 0.188. The highest BCUT2D eigenvalue weighted by Gasteiger charge is 2.23. The molecule has 7 heteroatoms. The van der Waals surface area contributed by atoms with E-state index >= 15 is 0 Å². The predicted octanol–water partition coefficient (Wildman–Crippen LogP) is 2.45. The van der Waals surface area contributed by atoms with Crippen LogP contribution >= 0.6 is 23.2 Å². The second-order valence-electron chi connectivity index (χ2n) is 4.90. The first-order valence-corrected chi connectivity index (χ1v) is 7.46. The van der Waals surface area contributed by atoms with Gasteiger partial charge in [-0.3, -0.25) is 4.79 Å². The Balaban J connectivity index is 1.99. The Morgan fingerprint density at radius 1 is 1.09 bits per heavy atom. The molecule has 0 radical (unpaired) electrons. The van der Waals surface area contributed by atoms with Gasteiger partial charge >= 0.3 is 0 Å². The van der Waals surface area contributed by atoms with Gasteiger partial charge in [0.2, 0.25) is 5.91 Å². The smallest absolute Gasteiger partial charge is 0.249 e. The lowest BCUT2D eigenvalue weighted by Crippen LogP contribution is -2.33. The molecule has 122 valence electrons. The summed E-state index contributed by atoms with van der Waals surface area (Å²) in [5, 5.41) is 20.2. The summed E-state index contributed by atoms with van der Waals surface area (Å²) in [4.78, 5) is 10.9. The number of primary amides is 1. The van der Waals surface area contributed by atoms with Gasteiger partial charge in [-0.15, -0.1) is 0 Å². The van der Waals surface area contributed by atoms with Crippen LogP contribution in [0.5, 0.6) is 5.75 Å². The highest BCUT2D eigenvalue weighted by Crippen LogP contribution is 2.24. The summed E-state index contributed by atoms with van der Waals surface area (Å²) < 4.78 is 5.59. The van der Waals surface area contributed by atoms with Crippen LogP contribution in [-0.4, -0.2) is 22.2 Å². The van der Waals surface area contributed by atoms with Gasteiger partial charge in [0, 0.05) is 0 Å². The van der Waals surface area contributed by atoms with Crippen LogP contribution in [0.2, 0.25) is 10.0 Å². The minimum Gasteiger partial charge on any atom is -0.489 e. The fourth-order valence-electron chi connectivity index (χ4n) is 1.90. The highest BCUT2D eigenvalue weighted by atomic mass is 35.5. The van der Waals surface area contributed by atoms with Gasteiger partial charge in [-0.05, 0) is 35.4 Å². The van der Waals surface area contributed by atoms with Gasteiger partial charge in [0.25, 0.3) is 0 Å². The first-order valence-electron chi connectivity index (χ1n) is 6.70. The maximum atomic E-state index is 10.9. The topological polar surface area (TPSA) is 92.8 Å². The van der Waals surface area contributed by atoms with Crippen LogP contribution in [0.15, 0.2) is 42.5 Å². The van der Waals surface area contributed by atoms with E-state index in [1.54, 1.807) is 42.5 Å². The number of hydrogen-bond donors (Lipinski definition) is 3. The van der Waals surface area contributed by atoms with E-state index in [4.69, 9.17) is 33.7 Å². The standard InChI is InChI=1S/C16H15Cl2NO4/c17-12-6-1-9(7-13(12)18)8-23-11-4-2-10(3-5-11)14(20)15(21)16(19)22/h1-7,14-15,20-21H,8H2,(H2,19,22). The van der Waals surface area contributed by atoms with Gasteiger partial charge in [0.1, 0.15) is 18.5 Å². The molecule has 0 aliphatic heterocycles. The normalized spacial score (nSPS) is 13.4. The van der Waals surface area contributed by atoms with E-state index in [-0.39, 0.29) is 0 Å². The summed E-state index contributed by atoms with van der Waals surface area (Å²) in [6, 6.07) is 11.5. The van der Waals surface area contributed by atoms with Gasteiger partial charge < -0.3 is 20.7 Å². The zero-order valence-electron chi connectivity index (χ0n) is 11.9. The van der Waals surface area contributed by atoms with Crippen LogP contribution < -0.4 is 10.5 Å². The molecule has 0 aromatic heterocycles. The zero-order chi connectivity index (χ0) is 17.0. The molecule has 0 saturated carbocycles. The van der Waals surface area contributed by atoms with Crippen molar-refractivity contribution in [2.24, 2.45) is 5.73 Å². The summed E-state index contributed by atoms with van der Waals surface area (Å²) in [5.74, 6) is -0.432. The van der Waals surface area contributed by atoms with Gasteiger partial charge in [0.15, 0.2) is 6.10 Å². The van der Waals surface area contributed by atoms with E-state index in [0.717, 1.165) is 5.56 Å². The largest absolute Gasteiger partial charge is 0.489 e. The molecule has 4 N–H and O–H groups in total. The Morgan fingerprint density at radius 3 is 2.30 bits per heavy atom. The van der Waals surface area contributed by atoms with Crippen molar-refractivity contribution < 1.29 is 19.7 Å². The molecule has 2 unspecified atom stereocenters. The molecule has 2 atom stereocenters. The van der Waals surface area contributed by atoms with Crippen molar-refractivity contribution in [3.63, 3.8) is 0 Å². The van der Waals surface area contributed by atoms with Crippen molar-refractivity contribution in [2.75, 3.05) is 0 Å². The summed E-state index contributed by atoms with van der Waals surface area (Å²) in [7, 11) is 0. The number of hydrogen-bond acceptors (Lipinski definition) is 4. The molecule has 0 saturated heterocycles. The third-order valence-electron chi connectivity index (χ3n) is 3.20. The number of benzene rings is 2. The van der Waals surface area contributed by atoms with Gasteiger partial charge in [0.05, 0.1) is 10.0 Å². The average molecular weight is 356 g/mol. The Labute approximate surface area is 143 Å². The van der Waals surface area contributed by atoms with Crippen molar-refractivity contribution >= 4 is 29.1 Å². The molecule has 2 aromatic rings. The Morgan fingerprint density at radius 2 is 1.74 bits per heavy atom. The van der Waals surface area contributed by atoms with Gasteiger partial charge in [-0.2, -0.15) is 0 Å².